The summed E-state index contributed by atoms with van der Waals surface area (Å²) in [6, 6.07) is 16.7. The molecule has 3 aliphatic rings. The van der Waals surface area contributed by atoms with Gasteiger partial charge in [-0.1, -0.05) is 36.4 Å². The van der Waals surface area contributed by atoms with E-state index in [2.05, 4.69) is 36.4 Å². The predicted octanol–water partition coefficient (Wildman–Crippen LogP) is 4.78. The molecule has 3 aliphatic carbocycles. The topological polar surface area (TPSA) is 49.7 Å². The van der Waals surface area contributed by atoms with Crippen LogP contribution < -0.4 is 0 Å². The lowest BCUT2D eigenvalue weighted by Crippen LogP contribution is -2.52. The van der Waals surface area contributed by atoms with E-state index in [1.54, 1.807) is 0 Å². The van der Waals surface area contributed by atoms with Gasteiger partial charge in [-0.3, -0.25) is 0 Å². The molecule has 0 bridgehead atoms. The summed E-state index contributed by atoms with van der Waals surface area (Å²) in [5.41, 5.74) is 3.36. The maximum Gasteiger partial charge on any atom is 0.115 e. The van der Waals surface area contributed by atoms with Crippen LogP contribution in [-0.4, -0.2) is 29.0 Å². The second kappa shape index (κ2) is 7.45. The molecule has 0 aliphatic heterocycles. The van der Waals surface area contributed by atoms with E-state index in [4.69, 9.17) is 4.74 Å². The lowest BCUT2D eigenvalue weighted by molar-refractivity contribution is -0.102. The summed E-state index contributed by atoms with van der Waals surface area (Å²) in [4.78, 5) is 0. The number of hydrogen-bond acceptors (Lipinski definition) is 3. The summed E-state index contributed by atoms with van der Waals surface area (Å²) in [5.74, 6) is 1.52. The van der Waals surface area contributed by atoms with Crippen molar-refractivity contribution in [2.45, 2.75) is 62.4 Å². The van der Waals surface area contributed by atoms with Crippen molar-refractivity contribution in [3.8, 4) is 5.75 Å². The molecular weight excluding hydrogens is 360 g/mol. The largest absolute Gasteiger partial charge is 0.508 e. The summed E-state index contributed by atoms with van der Waals surface area (Å²) in [6.07, 6.45) is 8.16. The van der Waals surface area contributed by atoms with Crippen molar-refractivity contribution >= 4 is 0 Å². The molecule has 0 amide bonds. The molecule has 0 aromatic heterocycles. The number of aromatic hydroxyl groups is 1. The Morgan fingerprint density at radius 2 is 1.83 bits per heavy atom. The van der Waals surface area contributed by atoms with E-state index >= 15 is 0 Å². The number of benzene rings is 2. The molecule has 0 spiro atoms. The fraction of sp³-hybridized carbons (Fsp3) is 0.538. The van der Waals surface area contributed by atoms with Gasteiger partial charge >= 0.3 is 0 Å². The highest BCUT2D eigenvalue weighted by atomic mass is 16.5. The van der Waals surface area contributed by atoms with Gasteiger partial charge in [0.2, 0.25) is 0 Å². The number of aliphatic hydroxyl groups is 1. The number of rotatable bonds is 6. The molecule has 0 heterocycles. The average molecular weight is 393 g/mol. The minimum atomic E-state index is -0.700. The Hall–Kier alpha value is -1.84. The van der Waals surface area contributed by atoms with Gasteiger partial charge in [0.1, 0.15) is 5.75 Å². The normalized spacial score (nSPS) is 31.1. The molecule has 154 valence electrons. The quantitative estimate of drug-likeness (QED) is 0.744. The van der Waals surface area contributed by atoms with Crippen LogP contribution in [0.3, 0.4) is 0 Å². The molecular formula is C26H32O3. The van der Waals surface area contributed by atoms with Crippen LogP contribution in [0, 0.1) is 11.8 Å². The molecule has 2 saturated carbocycles. The number of ether oxygens (including phenoxy) is 1. The summed E-state index contributed by atoms with van der Waals surface area (Å²) in [5, 5.41) is 21.4. The van der Waals surface area contributed by atoms with Crippen molar-refractivity contribution in [2.75, 3.05) is 13.2 Å². The van der Waals surface area contributed by atoms with Crippen LogP contribution >= 0.6 is 0 Å². The van der Waals surface area contributed by atoms with E-state index in [-0.39, 0.29) is 5.41 Å². The lowest BCUT2D eigenvalue weighted by atomic mass is 9.52. The number of aryl methyl sites for hydroxylation is 1. The third-order valence-corrected chi connectivity index (χ3v) is 7.62. The first-order chi connectivity index (χ1) is 14.1. The van der Waals surface area contributed by atoms with Gasteiger partial charge in [0.05, 0.1) is 12.2 Å². The van der Waals surface area contributed by atoms with Gasteiger partial charge in [-0.2, -0.15) is 0 Å². The molecule has 2 aromatic carbocycles. The number of hydrogen-bond donors (Lipinski definition) is 2. The second-order valence-corrected chi connectivity index (χ2v) is 9.78. The van der Waals surface area contributed by atoms with Crippen molar-refractivity contribution in [1.29, 1.82) is 0 Å². The fourth-order valence-electron chi connectivity index (χ4n) is 5.87. The number of phenolic OH excluding ortho intramolecular Hbond substituents is 1. The summed E-state index contributed by atoms with van der Waals surface area (Å²) in [7, 11) is 0. The van der Waals surface area contributed by atoms with Gasteiger partial charge in [0.25, 0.3) is 0 Å². The van der Waals surface area contributed by atoms with Gasteiger partial charge in [-0.25, -0.2) is 0 Å². The van der Waals surface area contributed by atoms with Crippen LogP contribution in [0.2, 0.25) is 0 Å². The van der Waals surface area contributed by atoms with Crippen LogP contribution in [-0.2, 0) is 23.0 Å². The van der Waals surface area contributed by atoms with Gasteiger partial charge in [0.15, 0.2) is 0 Å². The molecule has 3 heteroatoms. The van der Waals surface area contributed by atoms with Crippen molar-refractivity contribution < 1.29 is 14.9 Å². The number of fused-ring (bicyclic) bond motifs is 3. The van der Waals surface area contributed by atoms with Crippen molar-refractivity contribution in [2.24, 2.45) is 11.8 Å². The Kier molecular flexibility index (Phi) is 4.92. The third kappa shape index (κ3) is 3.83. The molecule has 5 rings (SSSR count). The maximum absolute atomic E-state index is 11.4. The highest BCUT2D eigenvalue weighted by Crippen LogP contribution is 2.54. The Morgan fingerprint density at radius 3 is 2.62 bits per heavy atom. The van der Waals surface area contributed by atoms with Crippen molar-refractivity contribution in [1.82, 2.24) is 0 Å². The van der Waals surface area contributed by atoms with E-state index in [9.17, 15) is 10.2 Å². The predicted molar refractivity (Wildman–Crippen MR) is 114 cm³/mol. The first-order valence-electron chi connectivity index (χ1n) is 11.2. The minimum absolute atomic E-state index is 0.0331. The van der Waals surface area contributed by atoms with Gasteiger partial charge in [-0.05, 0) is 92.0 Å². The fourth-order valence-corrected chi connectivity index (χ4v) is 5.87. The standard InChI is InChI=1S/C26H32O3/c27-23-10-11-24-21(14-23)8-9-22-16-25(28,18-29-17-20-6-7-20)12-13-26(22,24)15-19-4-2-1-3-5-19/h1-5,10-11,14,20,22,27-28H,6-9,12-13,15-18H2/t22-,25-,26+/m1/s1. The highest BCUT2D eigenvalue weighted by Gasteiger charge is 2.51. The molecule has 29 heavy (non-hydrogen) atoms. The molecule has 0 saturated heterocycles. The van der Waals surface area contributed by atoms with Crippen LogP contribution in [0.1, 0.15) is 55.2 Å². The van der Waals surface area contributed by atoms with Gasteiger partial charge in [-0.15, -0.1) is 0 Å². The van der Waals surface area contributed by atoms with E-state index in [0.717, 1.165) is 51.0 Å². The van der Waals surface area contributed by atoms with Gasteiger partial charge in [0, 0.05) is 12.0 Å². The zero-order chi connectivity index (χ0) is 19.9. The Morgan fingerprint density at radius 1 is 1.00 bits per heavy atom. The summed E-state index contributed by atoms with van der Waals surface area (Å²) in [6.45, 7) is 1.29. The van der Waals surface area contributed by atoms with E-state index in [1.165, 1.54) is 29.5 Å². The summed E-state index contributed by atoms with van der Waals surface area (Å²) >= 11 is 0. The van der Waals surface area contributed by atoms with Crippen LogP contribution in [0.4, 0.5) is 0 Å². The highest BCUT2D eigenvalue weighted by molar-refractivity contribution is 5.44. The zero-order valence-corrected chi connectivity index (χ0v) is 17.1. The molecule has 0 unspecified atom stereocenters. The minimum Gasteiger partial charge on any atom is -0.508 e. The van der Waals surface area contributed by atoms with Crippen LogP contribution in [0.15, 0.2) is 48.5 Å². The van der Waals surface area contributed by atoms with Gasteiger partial charge < -0.3 is 14.9 Å². The van der Waals surface area contributed by atoms with E-state index < -0.39 is 5.60 Å². The Bertz CT molecular complexity index is 860. The summed E-state index contributed by atoms with van der Waals surface area (Å²) < 4.78 is 5.93. The van der Waals surface area contributed by atoms with E-state index in [1.807, 2.05) is 12.1 Å². The molecule has 3 atom stereocenters. The maximum atomic E-state index is 11.4. The number of phenols is 1. The van der Waals surface area contributed by atoms with Crippen molar-refractivity contribution in [3.05, 3.63) is 65.2 Å². The third-order valence-electron chi connectivity index (χ3n) is 7.62. The smallest absolute Gasteiger partial charge is 0.115 e. The molecule has 0 radical (unpaired) electrons. The molecule has 2 aromatic rings. The second-order valence-electron chi connectivity index (χ2n) is 9.78. The molecule has 3 nitrogen and oxygen atoms in total. The average Bonchev–Trinajstić information content (AvgIpc) is 3.53. The Labute approximate surface area is 173 Å². The SMILES string of the molecule is Oc1ccc2c(c1)CC[C@@H]1C[C@@](O)(COCC3CC3)CC[C@@]21Cc1ccccc1. The van der Waals surface area contributed by atoms with Crippen LogP contribution in [0.5, 0.6) is 5.75 Å². The Balaban J connectivity index is 1.44. The monoisotopic (exact) mass is 392 g/mol. The molecule has 2 fully saturated rings. The lowest BCUT2D eigenvalue weighted by Gasteiger charge is -2.53. The molecule has 2 N–H and O–H groups in total. The zero-order valence-electron chi connectivity index (χ0n) is 17.1. The van der Waals surface area contributed by atoms with Crippen molar-refractivity contribution in [3.63, 3.8) is 0 Å². The first kappa shape index (κ1) is 19.1. The van der Waals surface area contributed by atoms with E-state index in [0.29, 0.717) is 18.3 Å². The first-order valence-corrected chi connectivity index (χ1v) is 11.2. The van der Waals surface area contributed by atoms with Crippen LogP contribution in [0.25, 0.3) is 0 Å².